The minimum atomic E-state index is -4.94. The van der Waals surface area contributed by atoms with Crippen molar-refractivity contribution in [2.24, 2.45) is 0 Å². The molecule has 1 aromatic carbocycles. The van der Waals surface area contributed by atoms with Crippen molar-refractivity contribution in [3.8, 4) is 0 Å². The van der Waals surface area contributed by atoms with Gasteiger partial charge in [-0.25, -0.2) is 9.59 Å². The predicted molar refractivity (Wildman–Crippen MR) is 95.2 cm³/mol. The smallest absolute Gasteiger partial charge is 0.462 e. The predicted octanol–water partition coefficient (Wildman–Crippen LogP) is 5.24. The van der Waals surface area contributed by atoms with Gasteiger partial charge in [-0.2, -0.15) is 13.2 Å². The zero-order valence-electron chi connectivity index (χ0n) is 15.2. The maximum atomic E-state index is 11.9. The van der Waals surface area contributed by atoms with Crippen molar-refractivity contribution >= 4 is 11.9 Å². The van der Waals surface area contributed by atoms with E-state index in [1.165, 1.54) is 6.08 Å². The quantitative estimate of drug-likeness (QED) is 0.280. The van der Waals surface area contributed by atoms with Crippen LogP contribution in [0, 0.1) is 0 Å². The van der Waals surface area contributed by atoms with Gasteiger partial charge in [-0.15, -0.1) is 0 Å². The molecule has 0 saturated heterocycles. The van der Waals surface area contributed by atoms with Crippen LogP contribution in [0.4, 0.5) is 13.2 Å². The Morgan fingerprint density at radius 1 is 0.852 bits per heavy atom. The Bertz CT molecular complexity index is 583. The van der Waals surface area contributed by atoms with Gasteiger partial charge in [0.1, 0.15) is 6.61 Å². The highest BCUT2D eigenvalue weighted by Crippen LogP contribution is 2.16. The summed E-state index contributed by atoms with van der Waals surface area (Å²) in [6.07, 6.45) is 4.75. The third-order valence-electron chi connectivity index (χ3n) is 3.72. The van der Waals surface area contributed by atoms with E-state index < -0.39 is 12.1 Å². The maximum absolute atomic E-state index is 11.9. The standard InChI is InChI=1S/C20H25F3O4/c21-20(22,23)19(25)27-16-12-7-5-3-1-2-4-6-11-15-26-18(24)17-13-9-8-10-14-17/h7-10,12-14H,1-6,11,15-16H2/b12-7+. The molecular weight excluding hydrogens is 361 g/mol. The molecule has 0 spiro atoms. The number of halogens is 3. The monoisotopic (exact) mass is 386 g/mol. The number of hydrogen-bond donors (Lipinski definition) is 0. The number of allylic oxidation sites excluding steroid dienone is 1. The summed E-state index contributed by atoms with van der Waals surface area (Å²) in [7, 11) is 0. The Morgan fingerprint density at radius 3 is 2.15 bits per heavy atom. The summed E-state index contributed by atoms with van der Waals surface area (Å²) in [5.41, 5.74) is 0.554. The molecule has 0 aliphatic rings. The number of unbranched alkanes of at least 4 members (excludes halogenated alkanes) is 6. The Balaban J connectivity index is 1.90. The zero-order chi connectivity index (χ0) is 20.0. The van der Waals surface area contributed by atoms with Crippen molar-refractivity contribution in [2.75, 3.05) is 13.2 Å². The van der Waals surface area contributed by atoms with E-state index >= 15 is 0 Å². The fraction of sp³-hybridized carbons (Fsp3) is 0.500. The maximum Gasteiger partial charge on any atom is 0.490 e. The van der Waals surface area contributed by atoms with Gasteiger partial charge in [-0.3, -0.25) is 0 Å². The van der Waals surface area contributed by atoms with E-state index in [0.29, 0.717) is 12.2 Å². The van der Waals surface area contributed by atoms with Crippen molar-refractivity contribution < 1.29 is 32.2 Å². The molecule has 0 aliphatic carbocycles. The molecule has 0 bridgehead atoms. The molecule has 0 unspecified atom stereocenters. The normalized spacial score (nSPS) is 11.5. The van der Waals surface area contributed by atoms with Crippen molar-refractivity contribution in [1.82, 2.24) is 0 Å². The summed E-state index contributed by atoms with van der Waals surface area (Å²) in [6, 6.07) is 8.87. The fourth-order valence-corrected chi connectivity index (χ4v) is 2.29. The van der Waals surface area contributed by atoms with Gasteiger partial charge in [-0.1, -0.05) is 56.0 Å². The molecule has 0 atom stereocenters. The number of hydrogen-bond acceptors (Lipinski definition) is 4. The second-order valence-corrected chi connectivity index (χ2v) is 5.98. The van der Waals surface area contributed by atoms with Crippen LogP contribution in [0.15, 0.2) is 42.5 Å². The molecule has 4 nitrogen and oxygen atoms in total. The number of alkyl halides is 3. The van der Waals surface area contributed by atoms with Crippen LogP contribution in [0.2, 0.25) is 0 Å². The molecule has 0 saturated carbocycles. The van der Waals surface area contributed by atoms with Gasteiger partial charge in [0.15, 0.2) is 0 Å². The van der Waals surface area contributed by atoms with Crippen LogP contribution in [-0.2, 0) is 14.3 Å². The molecule has 150 valence electrons. The number of carbonyl (C=O) groups excluding carboxylic acids is 2. The van der Waals surface area contributed by atoms with E-state index in [2.05, 4.69) is 4.74 Å². The number of esters is 2. The van der Waals surface area contributed by atoms with E-state index in [-0.39, 0.29) is 12.6 Å². The van der Waals surface area contributed by atoms with E-state index in [1.54, 1.807) is 30.3 Å². The van der Waals surface area contributed by atoms with Crippen LogP contribution >= 0.6 is 0 Å². The van der Waals surface area contributed by atoms with E-state index in [0.717, 1.165) is 44.9 Å². The summed E-state index contributed by atoms with van der Waals surface area (Å²) < 4.78 is 44.8. The minimum absolute atomic E-state index is 0.302. The van der Waals surface area contributed by atoms with Crippen molar-refractivity contribution in [2.45, 2.75) is 51.1 Å². The Labute approximate surface area is 157 Å². The highest BCUT2D eigenvalue weighted by molar-refractivity contribution is 5.89. The highest BCUT2D eigenvalue weighted by Gasteiger charge is 2.40. The first kappa shape index (κ1) is 22.7. The first-order chi connectivity index (χ1) is 12.9. The summed E-state index contributed by atoms with van der Waals surface area (Å²) >= 11 is 0. The summed E-state index contributed by atoms with van der Waals surface area (Å²) in [6.45, 7) is 0.0488. The van der Waals surface area contributed by atoms with Crippen molar-refractivity contribution in [3.05, 3.63) is 48.0 Å². The third kappa shape index (κ3) is 11.1. The van der Waals surface area contributed by atoms with Gasteiger partial charge in [-0.05, 0) is 31.4 Å². The summed E-state index contributed by atoms with van der Waals surface area (Å²) in [5.74, 6) is -2.47. The number of carbonyl (C=O) groups is 2. The van der Waals surface area contributed by atoms with Gasteiger partial charge in [0.05, 0.1) is 12.2 Å². The van der Waals surface area contributed by atoms with Crippen LogP contribution in [0.1, 0.15) is 55.3 Å². The molecule has 0 aromatic heterocycles. The molecule has 1 rings (SSSR count). The molecule has 27 heavy (non-hydrogen) atoms. The minimum Gasteiger partial charge on any atom is -0.462 e. The lowest BCUT2D eigenvalue weighted by Gasteiger charge is -2.05. The van der Waals surface area contributed by atoms with Gasteiger partial charge >= 0.3 is 18.1 Å². The SMILES string of the molecule is O=C(OCCCCCCCC/C=C/COC(=O)C(F)(F)F)c1ccccc1. The largest absolute Gasteiger partial charge is 0.490 e. The molecule has 7 heteroatoms. The van der Waals surface area contributed by atoms with Crippen LogP contribution in [0.25, 0.3) is 0 Å². The number of ether oxygens (including phenoxy) is 2. The van der Waals surface area contributed by atoms with Crippen LogP contribution < -0.4 is 0 Å². The highest BCUT2D eigenvalue weighted by atomic mass is 19.4. The van der Waals surface area contributed by atoms with Gasteiger partial charge in [0, 0.05) is 0 Å². The first-order valence-corrected chi connectivity index (χ1v) is 9.02. The molecule has 0 amide bonds. The third-order valence-corrected chi connectivity index (χ3v) is 3.72. The van der Waals surface area contributed by atoms with E-state index in [9.17, 15) is 22.8 Å². The molecule has 1 aromatic rings. The van der Waals surface area contributed by atoms with Crippen molar-refractivity contribution in [1.29, 1.82) is 0 Å². The lowest BCUT2D eigenvalue weighted by atomic mass is 10.1. The van der Waals surface area contributed by atoms with Gasteiger partial charge < -0.3 is 9.47 Å². The van der Waals surface area contributed by atoms with Crippen LogP contribution in [-0.4, -0.2) is 31.3 Å². The molecule has 0 aliphatic heterocycles. The van der Waals surface area contributed by atoms with Crippen LogP contribution in [0.5, 0.6) is 0 Å². The Hall–Kier alpha value is -2.31. The molecular formula is C20H25F3O4. The van der Waals surface area contributed by atoms with E-state index in [1.807, 2.05) is 6.07 Å². The zero-order valence-corrected chi connectivity index (χ0v) is 15.2. The lowest BCUT2D eigenvalue weighted by Crippen LogP contribution is -2.25. The summed E-state index contributed by atoms with van der Waals surface area (Å²) in [4.78, 5) is 22.1. The molecule has 0 heterocycles. The van der Waals surface area contributed by atoms with Gasteiger partial charge in [0.25, 0.3) is 0 Å². The lowest BCUT2D eigenvalue weighted by molar-refractivity contribution is -0.198. The fourth-order valence-electron chi connectivity index (χ4n) is 2.29. The molecule has 0 radical (unpaired) electrons. The Kier molecular flexibility index (Phi) is 10.9. The molecule has 0 fully saturated rings. The molecule has 0 N–H and O–H groups in total. The topological polar surface area (TPSA) is 52.6 Å². The second-order valence-electron chi connectivity index (χ2n) is 5.98. The summed E-state index contributed by atoms with van der Waals surface area (Å²) in [5, 5.41) is 0. The van der Waals surface area contributed by atoms with Crippen LogP contribution in [0.3, 0.4) is 0 Å². The number of rotatable bonds is 12. The first-order valence-electron chi connectivity index (χ1n) is 9.02. The second kappa shape index (κ2) is 12.9. The average Bonchev–Trinajstić information content (AvgIpc) is 2.65. The van der Waals surface area contributed by atoms with E-state index in [4.69, 9.17) is 4.74 Å². The average molecular weight is 386 g/mol. The van der Waals surface area contributed by atoms with Crippen molar-refractivity contribution in [3.63, 3.8) is 0 Å². The Morgan fingerprint density at radius 2 is 1.48 bits per heavy atom. The van der Waals surface area contributed by atoms with Gasteiger partial charge in [0.2, 0.25) is 0 Å². The number of benzene rings is 1.